The van der Waals surface area contributed by atoms with Crippen LogP contribution < -0.4 is 4.90 Å². The number of hydrogen-bond donors (Lipinski definition) is 0. The van der Waals surface area contributed by atoms with E-state index in [9.17, 15) is 4.79 Å². The number of rotatable bonds is 3. The van der Waals surface area contributed by atoms with Crippen LogP contribution in [0.3, 0.4) is 0 Å². The van der Waals surface area contributed by atoms with Crippen molar-refractivity contribution < 1.29 is 9.53 Å². The van der Waals surface area contributed by atoms with Gasteiger partial charge in [0, 0.05) is 36.7 Å². The second kappa shape index (κ2) is 8.16. The van der Waals surface area contributed by atoms with E-state index < -0.39 is 11.7 Å². The molecule has 1 aromatic heterocycles. The van der Waals surface area contributed by atoms with Gasteiger partial charge in [0.15, 0.2) is 10.3 Å². The molecule has 1 amide bonds. The first-order chi connectivity index (χ1) is 12.1. The molecule has 1 unspecified atom stereocenters. The number of ether oxygens (including phenoxy) is 1. The first-order valence-electron chi connectivity index (χ1n) is 8.08. The Morgan fingerprint density at radius 3 is 2.73 bits per heavy atom. The molecule has 2 heterocycles. The summed E-state index contributed by atoms with van der Waals surface area (Å²) < 4.78 is 5.48. The van der Waals surface area contributed by atoms with Crippen LogP contribution in [0.15, 0.2) is 11.2 Å². The van der Waals surface area contributed by atoms with Gasteiger partial charge in [-0.3, -0.25) is 0 Å². The highest BCUT2D eigenvalue weighted by Gasteiger charge is 2.37. The van der Waals surface area contributed by atoms with Crippen LogP contribution in [-0.2, 0) is 4.74 Å². The van der Waals surface area contributed by atoms with Crippen LogP contribution in [0, 0.1) is 0 Å². The largest absolute Gasteiger partial charge is 0.444 e. The van der Waals surface area contributed by atoms with E-state index in [0.29, 0.717) is 18.8 Å². The van der Waals surface area contributed by atoms with Crippen LogP contribution in [0.5, 0.6) is 0 Å². The van der Waals surface area contributed by atoms with Gasteiger partial charge in [0.1, 0.15) is 5.60 Å². The molecule has 142 valence electrons. The lowest BCUT2D eigenvalue weighted by Gasteiger charge is -2.46. The summed E-state index contributed by atoms with van der Waals surface area (Å²) in [6.45, 7) is 8.26. The predicted molar refractivity (Wildman–Crippen MR) is 99.6 cm³/mol. The third-order valence-electron chi connectivity index (χ3n) is 3.83. The summed E-state index contributed by atoms with van der Waals surface area (Å²) in [6, 6.07) is 1.15. The van der Waals surface area contributed by atoms with Crippen LogP contribution in [0.4, 0.5) is 10.5 Å². The summed E-state index contributed by atoms with van der Waals surface area (Å²) in [5.74, 6) is 0. The molecular weight excluding hydrogens is 381 g/mol. The normalized spacial score (nSPS) is 20.5. The van der Waals surface area contributed by atoms with Gasteiger partial charge in [0.2, 0.25) is 0 Å². The maximum Gasteiger partial charge on any atom is 0.410 e. The number of carbonyl (C=O) groups is 1. The van der Waals surface area contributed by atoms with Gasteiger partial charge in [-0.25, -0.2) is 4.79 Å². The molecule has 0 saturated carbocycles. The zero-order valence-electron chi connectivity index (χ0n) is 15.1. The first-order valence-corrected chi connectivity index (χ1v) is 8.84. The number of azide groups is 1. The molecular formula is C15H21Cl2N7O2. The van der Waals surface area contributed by atoms with Crippen molar-refractivity contribution in [3.05, 3.63) is 26.8 Å². The van der Waals surface area contributed by atoms with Gasteiger partial charge in [-0.2, -0.15) is 0 Å². The Morgan fingerprint density at radius 2 is 2.12 bits per heavy atom. The average molecular weight is 402 g/mol. The lowest BCUT2D eigenvalue weighted by atomic mass is 10.1. The van der Waals surface area contributed by atoms with Crippen molar-refractivity contribution in [2.45, 2.75) is 45.4 Å². The van der Waals surface area contributed by atoms with Crippen molar-refractivity contribution in [3.8, 4) is 0 Å². The summed E-state index contributed by atoms with van der Waals surface area (Å²) in [5, 5.41) is 11.6. The fraction of sp³-hybridized carbons (Fsp3) is 0.667. The van der Waals surface area contributed by atoms with E-state index in [1.54, 1.807) is 11.0 Å². The Bertz CT molecular complexity index is 718. The van der Waals surface area contributed by atoms with Crippen LogP contribution in [-0.4, -0.2) is 58.5 Å². The van der Waals surface area contributed by atoms with E-state index in [0.717, 1.165) is 0 Å². The molecule has 1 aliphatic heterocycles. The van der Waals surface area contributed by atoms with Gasteiger partial charge in [0.05, 0.1) is 11.7 Å². The van der Waals surface area contributed by atoms with Crippen molar-refractivity contribution in [2.24, 2.45) is 5.11 Å². The lowest BCUT2D eigenvalue weighted by molar-refractivity contribution is 0.0127. The second-order valence-electron chi connectivity index (χ2n) is 7.04. The van der Waals surface area contributed by atoms with Crippen LogP contribution >= 0.6 is 23.2 Å². The van der Waals surface area contributed by atoms with E-state index in [1.165, 1.54) is 0 Å². The van der Waals surface area contributed by atoms with Gasteiger partial charge in [-0.15, -0.1) is 10.2 Å². The predicted octanol–water partition coefficient (Wildman–Crippen LogP) is 3.91. The third-order valence-corrected chi connectivity index (χ3v) is 4.29. The number of amides is 1. The zero-order valence-corrected chi connectivity index (χ0v) is 16.6. The maximum atomic E-state index is 12.5. The van der Waals surface area contributed by atoms with Crippen molar-refractivity contribution in [2.75, 3.05) is 24.5 Å². The van der Waals surface area contributed by atoms with E-state index in [-0.39, 0.29) is 28.9 Å². The third kappa shape index (κ3) is 5.03. The summed E-state index contributed by atoms with van der Waals surface area (Å²) in [4.78, 5) is 18.9. The Hall–Kier alpha value is -1.96. The highest BCUT2D eigenvalue weighted by molar-refractivity contribution is 6.33. The minimum atomic E-state index is -0.597. The number of halogens is 2. The van der Waals surface area contributed by atoms with Crippen molar-refractivity contribution >= 4 is 35.0 Å². The molecule has 1 aromatic rings. The molecule has 0 N–H and O–H groups in total. The SMILES string of the molecule is C[C@@H]1CN(c2cc(Cl)nnc2Cl)C(CN=[N+]=[N-])CN1C(=O)OC(C)(C)C. The first kappa shape index (κ1) is 20.4. The number of nitrogens with zero attached hydrogens (tertiary/aromatic N) is 7. The van der Waals surface area contributed by atoms with Crippen LogP contribution in [0.25, 0.3) is 10.4 Å². The number of piperazine rings is 1. The standard InChI is InChI=1S/C15H21Cl2N7O2/c1-9-7-24(11-5-12(16)20-21-13(11)17)10(6-19-22-18)8-23(9)14(25)26-15(2,3)4/h5,9-10H,6-8H2,1-4H3/t9-,10?/m1/s1. The Balaban J connectivity index is 2.30. The zero-order chi connectivity index (χ0) is 19.5. The highest BCUT2D eigenvalue weighted by atomic mass is 35.5. The maximum absolute atomic E-state index is 12.5. The van der Waals surface area contributed by atoms with Gasteiger partial charge in [-0.05, 0) is 33.2 Å². The lowest BCUT2D eigenvalue weighted by Crippen LogP contribution is -2.60. The number of carbonyl (C=O) groups excluding carboxylic acids is 1. The Kier molecular flexibility index (Phi) is 6.39. The van der Waals surface area contributed by atoms with Crippen LogP contribution in [0.2, 0.25) is 10.3 Å². The summed E-state index contributed by atoms with van der Waals surface area (Å²) in [6.07, 6.45) is -0.410. The number of aromatic nitrogens is 2. The van der Waals surface area contributed by atoms with Gasteiger partial charge in [0.25, 0.3) is 0 Å². The summed E-state index contributed by atoms with van der Waals surface area (Å²) in [5.41, 5.74) is 8.68. The quantitative estimate of drug-likeness (QED) is 0.433. The number of anilines is 1. The molecule has 11 heteroatoms. The van der Waals surface area contributed by atoms with Crippen molar-refractivity contribution in [1.82, 2.24) is 15.1 Å². The fourth-order valence-corrected chi connectivity index (χ4v) is 3.08. The Morgan fingerprint density at radius 1 is 1.42 bits per heavy atom. The molecule has 1 aliphatic rings. The molecule has 0 radical (unpaired) electrons. The smallest absolute Gasteiger partial charge is 0.410 e. The van der Waals surface area contributed by atoms with Gasteiger partial charge < -0.3 is 14.5 Å². The van der Waals surface area contributed by atoms with Crippen molar-refractivity contribution in [1.29, 1.82) is 0 Å². The minimum Gasteiger partial charge on any atom is -0.444 e. The summed E-state index contributed by atoms with van der Waals surface area (Å²) in [7, 11) is 0. The average Bonchev–Trinajstić information content (AvgIpc) is 2.54. The molecule has 2 atom stereocenters. The molecule has 1 fully saturated rings. The molecule has 0 aliphatic carbocycles. The van der Waals surface area contributed by atoms with Gasteiger partial charge in [-0.1, -0.05) is 28.3 Å². The molecule has 26 heavy (non-hydrogen) atoms. The minimum absolute atomic E-state index is 0.152. The molecule has 9 nitrogen and oxygen atoms in total. The number of hydrogen-bond acceptors (Lipinski definition) is 6. The molecule has 0 aromatic carbocycles. The molecule has 0 spiro atoms. The second-order valence-corrected chi connectivity index (χ2v) is 7.79. The van der Waals surface area contributed by atoms with E-state index in [2.05, 4.69) is 20.2 Å². The van der Waals surface area contributed by atoms with Crippen LogP contribution in [0.1, 0.15) is 27.7 Å². The highest BCUT2D eigenvalue weighted by Crippen LogP contribution is 2.31. The fourth-order valence-electron chi connectivity index (χ4n) is 2.74. The monoisotopic (exact) mass is 401 g/mol. The van der Waals surface area contributed by atoms with E-state index >= 15 is 0 Å². The summed E-state index contributed by atoms with van der Waals surface area (Å²) >= 11 is 12.1. The van der Waals surface area contributed by atoms with Crippen molar-refractivity contribution in [3.63, 3.8) is 0 Å². The molecule has 2 rings (SSSR count). The molecule has 0 bridgehead atoms. The topological polar surface area (TPSA) is 107 Å². The Labute approximate surface area is 161 Å². The van der Waals surface area contributed by atoms with Gasteiger partial charge >= 0.3 is 6.09 Å². The molecule has 1 saturated heterocycles. The van der Waals surface area contributed by atoms with E-state index in [1.807, 2.05) is 32.6 Å². The van der Waals surface area contributed by atoms with E-state index in [4.69, 9.17) is 33.5 Å².